The molecule has 19 heavy (non-hydrogen) atoms. The first-order valence-electron chi connectivity index (χ1n) is 5.57. The van der Waals surface area contributed by atoms with E-state index in [1.54, 1.807) is 24.3 Å². The van der Waals surface area contributed by atoms with Crippen molar-refractivity contribution in [2.45, 2.75) is 13.0 Å². The summed E-state index contributed by atoms with van der Waals surface area (Å²) in [4.78, 5) is 0. The zero-order valence-electron chi connectivity index (χ0n) is 10.1. The van der Waals surface area contributed by atoms with Gasteiger partial charge in [-0.1, -0.05) is 41.4 Å². The molecule has 0 heterocycles. The maximum absolute atomic E-state index is 14.1. The summed E-state index contributed by atoms with van der Waals surface area (Å²) < 4.78 is 14.6. The Labute approximate surface area is 129 Å². The van der Waals surface area contributed by atoms with Gasteiger partial charge in [0, 0.05) is 15.1 Å². The van der Waals surface area contributed by atoms with E-state index in [4.69, 9.17) is 28.9 Å². The normalized spacial score (nSPS) is 12.5. The lowest BCUT2D eigenvalue weighted by molar-refractivity contribution is 0.599. The molecule has 0 aliphatic rings. The highest BCUT2D eigenvalue weighted by molar-refractivity contribution is 9.10. The first-order valence-corrected chi connectivity index (χ1v) is 7.11. The van der Waals surface area contributed by atoms with Gasteiger partial charge in [0.05, 0.1) is 11.1 Å². The highest BCUT2D eigenvalue weighted by Crippen LogP contribution is 2.32. The van der Waals surface area contributed by atoms with Crippen molar-refractivity contribution in [1.82, 2.24) is 0 Å². The third kappa shape index (κ3) is 2.95. The largest absolute Gasteiger partial charge is 0.320 e. The van der Waals surface area contributed by atoms with Crippen molar-refractivity contribution in [3.8, 4) is 0 Å². The fourth-order valence-corrected chi connectivity index (χ4v) is 2.42. The van der Waals surface area contributed by atoms with Crippen molar-refractivity contribution in [1.29, 1.82) is 0 Å². The Morgan fingerprint density at radius 1 is 1.21 bits per heavy atom. The fraction of sp³-hybridized carbons (Fsp3) is 0.143. The predicted octanol–water partition coefficient (Wildman–Crippen LogP) is 5.25. The zero-order valence-corrected chi connectivity index (χ0v) is 13.2. The van der Waals surface area contributed by atoms with Crippen LogP contribution in [0.3, 0.4) is 0 Å². The van der Waals surface area contributed by atoms with Gasteiger partial charge in [-0.3, -0.25) is 0 Å². The summed E-state index contributed by atoms with van der Waals surface area (Å²) in [5, 5.41) is 0.698. The van der Waals surface area contributed by atoms with Crippen LogP contribution in [-0.4, -0.2) is 0 Å². The number of hydrogen-bond acceptors (Lipinski definition) is 1. The lowest BCUT2D eigenvalue weighted by atomic mass is 9.98. The molecule has 1 atom stereocenters. The molecule has 0 bridgehead atoms. The number of nitrogens with two attached hydrogens (primary N) is 1. The Kier molecular flexibility index (Phi) is 4.51. The van der Waals surface area contributed by atoms with Crippen LogP contribution in [0.2, 0.25) is 10.0 Å². The van der Waals surface area contributed by atoms with Gasteiger partial charge >= 0.3 is 0 Å². The van der Waals surface area contributed by atoms with Crippen molar-refractivity contribution in [2.24, 2.45) is 5.73 Å². The van der Waals surface area contributed by atoms with Gasteiger partial charge in [0.1, 0.15) is 5.82 Å². The lowest BCUT2D eigenvalue weighted by Crippen LogP contribution is -2.14. The quantitative estimate of drug-likeness (QED) is 0.725. The van der Waals surface area contributed by atoms with Crippen LogP contribution in [0.15, 0.2) is 34.8 Å². The van der Waals surface area contributed by atoms with E-state index >= 15 is 0 Å². The summed E-state index contributed by atoms with van der Waals surface area (Å²) in [6.45, 7) is 1.88. The second-order valence-corrected chi connectivity index (χ2v) is 5.89. The van der Waals surface area contributed by atoms with Crippen LogP contribution in [0.25, 0.3) is 0 Å². The number of aryl methyl sites for hydroxylation is 1. The minimum Gasteiger partial charge on any atom is -0.320 e. The van der Waals surface area contributed by atoms with E-state index < -0.39 is 11.9 Å². The fourth-order valence-electron chi connectivity index (χ4n) is 1.82. The molecule has 0 saturated carbocycles. The first kappa shape index (κ1) is 14.8. The van der Waals surface area contributed by atoms with Crippen LogP contribution in [0.1, 0.15) is 22.7 Å². The molecule has 0 radical (unpaired) electrons. The average Bonchev–Trinajstić information content (AvgIpc) is 2.39. The van der Waals surface area contributed by atoms with Crippen LogP contribution < -0.4 is 5.73 Å². The molecular formula is C14H11BrCl2FN. The Morgan fingerprint density at radius 2 is 1.89 bits per heavy atom. The Balaban J connectivity index is 2.47. The van der Waals surface area contributed by atoms with Gasteiger partial charge < -0.3 is 5.73 Å². The number of benzene rings is 2. The average molecular weight is 363 g/mol. The summed E-state index contributed by atoms with van der Waals surface area (Å²) >= 11 is 15.0. The van der Waals surface area contributed by atoms with E-state index in [-0.39, 0.29) is 5.02 Å². The summed E-state index contributed by atoms with van der Waals surface area (Å²) in [5.74, 6) is -0.504. The van der Waals surface area contributed by atoms with Crippen molar-refractivity contribution in [2.75, 3.05) is 0 Å². The molecule has 100 valence electrons. The second-order valence-electron chi connectivity index (χ2n) is 4.25. The minimum absolute atomic E-state index is 0.0404. The van der Waals surface area contributed by atoms with Crippen LogP contribution in [0.4, 0.5) is 4.39 Å². The van der Waals surface area contributed by atoms with E-state index in [9.17, 15) is 4.39 Å². The molecule has 0 aliphatic carbocycles. The number of hydrogen-bond donors (Lipinski definition) is 1. The third-order valence-corrected chi connectivity index (χ3v) is 4.62. The van der Waals surface area contributed by atoms with E-state index in [0.29, 0.717) is 15.1 Å². The van der Waals surface area contributed by atoms with Crippen LogP contribution in [0, 0.1) is 12.7 Å². The monoisotopic (exact) mass is 361 g/mol. The van der Waals surface area contributed by atoms with E-state index in [1.807, 2.05) is 13.0 Å². The molecule has 1 unspecified atom stereocenters. The van der Waals surface area contributed by atoms with Gasteiger partial charge in [-0.25, -0.2) is 4.39 Å². The molecule has 2 N–H and O–H groups in total. The van der Waals surface area contributed by atoms with Gasteiger partial charge in [-0.15, -0.1) is 0 Å². The molecule has 2 aromatic rings. The van der Waals surface area contributed by atoms with Crippen molar-refractivity contribution in [3.05, 3.63) is 67.4 Å². The van der Waals surface area contributed by atoms with Gasteiger partial charge in [0.25, 0.3) is 0 Å². The Bertz CT molecular complexity index is 631. The topological polar surface area (TPSA) is 26.0 Å². The smallest absolute Gasteiger partial charge is 0.148 e. The maximum atomic E-state index is 14.1. The van der Waals surface area contributed by atoms with E-state index in [0.717, 1.165) is 11.1 Å². The van der Waals surface area contributed by atoms with Crippen LogP contribution in [0.5, 0.6) is 0 Å². The molecule has 0 aliphatic heterocycles. The molecular weight excluding hydrogens is 352 g/mol. The van der Waals surface area contributed by atoms with E-state index in [1.165, 1.54) is 0 Å². The predicted molar refractivity (Wildman–Crippen MR) is 81.3 cm³/mol. The lowest BCUT2D eigenvalue weighted by Gasteiger charge is -2.15. The molecule has 1 nitrogen and oxygen atoms in total. The van der Waals surface area contributed by atoms with Gasteiger partial charge in [0.2, 0.25) is 0 Å². The van der Waals surface area contributed by atoms with Crippen molar-refractivity contribution >= 4 is 39.1 Å². The zero-order chi connectivity index (χ0) is 14.2. The molecule has 0 saturated heterocycles. The summed E-state index contributed by atoms with van der Waals surface area (Å²) in [5.41, 5.74) is 8.15. The minimum atomic E-state index is -0.582. The Hall–Kier alpha value is -0.610. The van der Waals surface area contributed by atoms with Crippen molar-refractivity contribution < 1.29 is 4.39 Å². The summed E-state index contributed by atoms with van der Waals surface area (Å²) in [7, 11) is 0. The summed E-state index contributed by atoms with van der Waals surface area (Å²) in [6.07, 6.45) is 0. The van der Waals surface area contributed by atoms with Crippen LogP contribution >= 0.6 is 39.1 Å². The Morgan fingerprint density at radius 3 is 2.53 bits per heavy atom. The molecule has 2 aromatic carbocycles. The molecule has 0 amide bonds. The van der Waals surface area contributed by atoms with Crippen LogP contribution in [-0.2, 0) is 0 Å². The molecule has 0 aromatic heterocycles. The molecule has 2 rings (SSSR count). The van der Waals surface area contributed by atoms with Gasteiger partial charge in [-0.2, -0.15) is 0 Å². The summed E-state index contributed by atoms with van der Waals surface area (Å²) in [6, 6.07) is 8.12. The van der Waals surface area contributed by atoms with Crippen molar-refractivity contribution in [3.63, 3.8) is 0 Å². The molecule has 5 heteroatoms. The second kappa shape index (κ2) is 5.80. The standard InChI is InChI=1S/C14H11BrCl2FN/c1-7-6-8(2-5-11(7)16)14(19)9-3-4-10(15)12(17)13(9)18/h2-6,14H,19H2,1H3. The van der Waals surface area contributed by atoms with E-state index in [2.05, 4.69) is 15.9 Å². The molecule has 0 spiro atoms. The third-order valence-electron chi connectivity index (χ3n) is 2.94. The first-order chi connectivity index (χ1) is 8.91. The number of halogens is 4. The molecule has 0 fully saturated rings. The highest BCUT2D eigenvalue weighted by Gasteiger charge is 2.18. The van der Waals surface area contributed by atoms with Gasteiger partial charge in [-0.05, 0) is 46.1 Å². The maximum Gasteiger partial charge on any atom is 0.148 e. The SMILES string of the molecule is Cc1cc(C(N)c2ccc(Br)c(Cl)c2F)ccc1Cl. The van der Waals surface area contributed by atoms with Gasteiger partial charge in [0.15, 0.2) is 0 Å². The number of rotatable bonds is 2. The highest BCUT2D eigenvalue weighted by atomic mass is 79.9.